The Hall–Kier alpha value is -0.610. The summed E-state index contributed by atoms with van der Waals surface area (Å²) in [6.07, 6.45) is 2.23. The van der Waals surface area contributed by atoms with Crippen LogP contribution in [0.2, 0.25) is 0 Å². The lowest BCUT2D eigenvalue weighted by Crippen LogP contribution is -2.02. The Bertz CT molecular complexity index is 157. The van der Waals surface area contributed by atoms with Crippen LogP contribution in [-0.4, -0.2) is 37.0 Å². The van der Waals surface area contributed by atoms with Crippen molar-refractivity contribution in [1.29, 1.82) is 0 Å². The third-order valence-electron chi connectivity index (χ3n) is 1.96. The number of hydrogen-bond acceptors (Lipinski definition) is 4. The van der Waals surface area contributed by atoms with Gasteiger partial charge in [0.25, 0.3) is 0 Å². The minimum atomic E-state index is -0.184. The fraction of sp³-hybridized carbons (Fsp3) is 0.875. The molecule has 1 aliphatic rings. The van der Waals surface area contributed by atoms with Crippen molar-refractivity contribution in [3.8, 4) is 0 Å². The Morgan fingerprint density at radius 1 is 1.58 bits per heavy atom. The fourth-order valence-corrected chi connectivity index (χ4v) is 1.14. The Morgan fingerprint density at radius 2 is 2.33 bits per heavy atom. The summed E-state index contributed by atoms with van der Waals surface area (Å²) in [5.41, 5.74) is 0. The lowest BCUT2D eigenvalue weighted by atomic mass is 10.1. The molecule has 0 aromatic heterocycles. The Labute approximate surface area is 71.5 Å². The predicted octanol–water partition coefficient (Wildman–Crippen LogP) is 0.0894. The summed E-state index contributed by atoms with van der Waals surface area (Å²) in [6, 6.07) is 0. The van der Waals surface area contributed by atoms with Gasteiger partial charge in [0.15, 0.2) is 0 Å². The van der Waals surface area contributed by atoms with Crippen molar-refractivity contribution in [2.45, 2.75) is 31.5 Å². The van der Waals surface area contributed by atoms with E-state index in [4.69, 9.17) is 9.84 Å². The van der Waals surface area contributed by atoms with E-state index >= 15 is 0 Å². The van der Waals surface area contributed by atoms with Crippen LogP contribution in [0.4, 0.5) is 0 Å². The average molecular weight is 174 g/mol. The summed E-state index contributed by atoms with van der Waals surface area (Å²) in [5.74, 6) is -0.184. The summed E-state index contributed by atoms with van der Waals surface area (Å²) >= 11 is 0. The molecule has 0 spiro atoms. The van der Waals surface area contributed by atoms with E-state index in [1.54, 1.807) is 0 Å². The molecule has 0 aliphatic carbocycles. The fourth-order valence-electron chi connectivity index (χ4n) is 1.14. The highest BCUT2D eigenvalue weighted by Gasteiger charge is 2.37. The molecule has 0 saturated carbocycles. The SMILES string of the molecule is COC(=O)CCC[C@H]1O[C@@H]1CO. The van der Waals surface area contributed by atoms with Gasteiger partial charge in [-0.25, -0.2) is 0 Å². The molecule has 70 valence electrons. The molecule has 4 heteroatoms. The van der Waals surface area contributed by atoms with E-state index in [0.717, 1.165) is 12.8 Å². The second kappa shape index (κ2) is 4.42. The molecule has 0 aromatic carbocycles. The van der Waals surface area contributed by atoms with Gasteiger partial charge >= 0.3 is 5.97 Å². The summed E-state index contributed by atoms with van der Waals surface area (Å²) < 4.78 is 9.56. The Balaban J connectivity index is 1.94. The van der Waals surface area contributed by atoms with Crippen LogP contribution in [0.1, 0.15) is 19.3 Å². The number of hydrogen-bond donors (Lipinski definition) is 1. The maximum Gasteiger partial charge on any atom is 0.305 e. The topological polar surface area (TPSA) is 59.1 Å². The number of carbonyl (C=O) groups is 1. The molecule has 1 saturated heterocycles. The third-order valence-corrected chi connectivity index (χ3v) is 1.96. The molecule has 1 aliphatic heterocycles. The minimum absolute atomic E-state index is 0.0163. The van der Waals surface area contributed by atoms with Gasteiger partial charge in [-0.1, -0.05) is 0 Å². The van der Waals surface area contributed by atoms with E-state index in [1.807, 2.05) is 0 Å². The van der Waals surface area contributed by atoms with Crippen LogP contribution >= 0.6 is 0 Å². The van der Waals surface area contributed by atoms with Crippen LogP contribution in [0, 0.1) is 0 Å². The van der Waals surface area contributed by atoms with Gasteiger partial charge in [0.2, 0.25) is 0 Å². The van der Waals surface area contributed by atoms with Crippen molar-refractivity contribution in [2.75, 3.05) is 13.7 Å². The normalized spacial score (nSPS) is 26.8. The first-order chi connectivity index (χ1) is 5.77. The van der Waals surface area contributed by atoms with Crippen LogP contribution in [0.15, 0.2) is 0 Å². The summed E-state index contributed by atoms with van der Waals surface area (Å²) in [4.78, 5) is 10.7. The first kappa shape index (κ1) is 9.48. The number of esters is 1. The van der Waals surface area contributed by atoms with Gasteiger partial charge in [0.1, 0.15) is 6.10 Å². The summed E-state index contributed by atoms with van der Waals surface area (Å²) in [6.45, 7) is 0.0862. The minimum Gasteiger partial charge on any atom is -0.469 e. The Kier molecular flexibility index (Phi) is 3.49. The van der Waals surface area contributed by atoms with Crippen molar-refractivity contribution in [3.05, 3.63) is 0 Å². The second-order valence-corrected chi connectivity index (χ2v) is 2.86. The molecule has 1 N–H and O–H groups in total. The molecule has 1 fully saturated rings. The van der Waals surface area contributed by atoms with Crippen LogP contribution in [0.3, 0.4) is 0 Å². The highest BCUT2D eigenvalue weighted by molar-refractivity contribution is 5.68. The van der Waals surface area contributed by atoms with E-state index in [1.165, 1.54) is 7.11 Å². The summed E-state index contributed by atoms with van der Waals surface area (Å²) in [5, 5.41) is 8.61. The van der Waals surface area contributed by atoms with Gasteiger partial charge in [-0.2, -0.15) is 0 Å². The maximum absolute atomic E-state index is 10.7. The zero-order valence-electron chi connectivity index (χ0n) is 7.16. The molecular weight excluding hydrogens is 160 g/mol. The highest BCUT2D eigenvalue weighted by atomic mass is 16.6. The van der Waals surface area contributed by atoms with Gasteiger partial charge in [-0.3, -0.25) is 4.79 Å². The molecular formula is C8H14O4. The van der Waals surface area contributed by atoms with Gasteiger partial charge < -0.3 is 14.6 Å². The van der Waals surface area contributed by atoms with E-state index in [2.05, 4.69) is 4.74 Å². The van der Waals surface area contributed by atoms with Crippen molar-refractivity contribution >= 4 is 5.97 Å². The number of methoxy groups -OCH3 is 1. The number of aliphatic hydroxyl groups is 1. The van der Waals surface area contributed by atoms with E-state index in [9.17, 15) is 4.79 Å². The molecule has 1 heterocycles. The third kappa shape index (κ3) is 2.79. The van der Waals surface area contributed by atoms with E-state index in [0.29, 0.717) is 6.42 Å². The zero-order chi connectivity index (χ0) is 8.97. The van der Waals surface area contributed by atoms with E-state index < -0.39 is 0 Å². The predicted molar refractivity (Wildman–Crippen MR) is 41.6 cm³/mol. The number of ether oxygens (including phenoxy) is 2. The smallest absolute Gasteiger partial charge is 0.305 e. The zero-order valence-corrected chi connectivity index (χ0v) is 7.16. The number of epoxide rings is 1. The largest absolute Gasteiger partial charge is 0.469 e. The van der Waals surface area contributed by atoms with E-state index in [-0.39, 0.29) is 24.8 Å². The standard InChI is InChI=1S/C8H14O4/c1-11-8(10)4-2-3-6-7(5-9)12-6/h6-7,9H,2-5H2,1H3/t6-,7-/m1/s1. The lowest BCUT2D eigenvalue weighted by Gasteiger charge is -1.96. The molecule has 0 unspecified atom stereocenters. The van der Waals surface area contributed by atoms with Crippen LogP contribution in [0.5, 0.6) is 0 Å². The van der Waals surface area contributed by atoms with Crippen molar-refractivity contribution < 1.29 is 19.4 Å². The van der Waals surface area contributed by atoms with Crippen LogP contribution < -0.4 is 0 Å². The quantitative estimate of drug-likeness (QED) is 0.474. The van der Waals surface area contributed by atoms with Crippen molar-refractivity contribution in [2.24, 2.45) is 0 Å². The first-order valence-electron chi connectivity index (χ1n) is 4.11. The maximum atomic E-state index is 10.7. The second-order valence-electron chi connectivity index (χ2n) is 2.86. The molecule has 1 rings (SSSR count). The highest BCUT2D eigenvalue weighted by Crippen LogP contribution is 2.26. The van der Waals surface area contributed by atoms with Crippen molar-refractivity contribution in [1.82, 2.24) is 0 Å². The number of aliphatic hydroxyl groups excluding tert-OH is 1. The Morgan fingerprint density at radius 3 is 2.83 bits per heavy atom. The van der Waals surface area contributed by atoms with Crippen LogP contribution in [-0.2, 0) is 14.3 Å². The molecule has 0 amide bonds. The lowest BCUT2D eigenvalue weighted by molar-refractivity contribution is -0.140. The molecule has 0 radical (unpaired) electrons. The molecule has 0 bridgehead atoms. The summed E-state index contributed by atoms with van der Waals surface area (Å²) in [7, 11) is 1.38. The van der Waals surface area contributed by atoms with Gasteiger partial charge in [-0.05, 0) is 12.8 Å². The van der Waals surface area contributed by atoms with Gasteiger partial charge in [-0.15, -0.1) is 0 Å². The first-order valence-corrected chi connectivity index (χ1v) is 4.11. The number of rotatable bonds is 5. The molecule has 12 heavy (non-hydrogen) atoms. The molecule has 4 nitrogen and oxygen atoms in total. The average Bonchev–Trinajstić information content (AvgIpc) is 2.83. The number of carbonyl (C=O) groups excluding carboxylic acids is 1. The van der Waals surface area contributed by atoms with Crippen LogP contribution in [0.25, 0.3) is 0 Å². The van der Waals surface area contributed by atoms with Crippen molar-refractivity contribution in [3.63, 3.8) is 0 Å². The monoisotopic (exact) mass is 174 g/mol. The van der Waals surface area contributed by atoms with Gasteiger partial charge in [0.05, 0.1) is 19.8 Å². The molecule has 0 aromatic rings. The molecule has 2 atom stereocenters. The van der Waals surface area contributed by atoms with Gasteiger partial charge in [0, 0.05) is 6.42 Å².